The van der Waals surface area contributed by atoms with Crippen molar-refractivity contribution in [2.75, 3.05) is 25.1 Å². The van der Waals surface area contributed by atoms with E-state index >= 15 is 0 Å². The molecule has 1 rings (SSSR count). The van der Waals surface area contributed by atoms with Crippen LogP contribution in [0.1, 0.15) is 19.4 Å². The molecule has 0 heterocycles. The van der Waals surface area contributed by atoms with Crippen molar-refractivity contribution in [2.24, 2.45) is 0 Å². The van der Waals surface area contributed by atoms with E-state index in [9.17, 15) is 0 Å². The Bertz CT molecular complexity index is 301. The number of hydrogen-bond acceptors (Lipinski definition) is 3. The monoisotopic (exact) mass is 221 g/mol. The van der Waals surface area contributed by atoms with Crippen LogP contribution in [0.25, 0.3) is 0 Å². The molecule has 16 heavy (non-hydrogen) atoms. The highest BCUT2D eigenvalue weighted by atomic mass is 15.1. The molecule has 1 aromatic rings. The minimum atomic E-state index is 0.715. The van der Waals surface area contributed by atoms with Crippen LogP contribution in [0.15, 0.2) is 30.9 Å². The van der Waals surface area contributed by atoms with Gasteiger partial charge in [0.05, 0.1) is 0 Å². The molecule has 0 radical (unpaired) electrons. The molecular formula is C13H23N3. The van der Waals surface area contributed by atoms with Crippen molar-refractivity contribution in [3.8, 4) is 0 Å². The largest absolute Gasteiger partial charge is 0.399 e. The van der Waals surface area contributed by atoms with E-state index in [1.807, 2.05) is 39.1 Å². The Morgan fingerprint density at radius 1 is 1.19 bits per heavy atom. The van der Waals surface area contributed by atoms with Crippen molar-refractivity contribution in [2.45, 2.75) is 20.4 Å². The first-order chi connectivity index (χ1) is 7.61. The molecule has 4 N–H and O–H groups in total. The Balaban J connectivity index is 0.00000106. The molecule has 3 nitrogen and oxygen atoms in total. The quantitative estimate of drug-likeness (QED) is 0.606. The molecule has 0 atom stereocenters. The Morgan fingerprint density at radius 2 is 1.69 bits per heavy atom. The summed E-state index contributed by atoms with van der Waals surface area (Å²) >= 11 is 0. The maximum Gasteiger partial charge on any atom is 0.0337 e. The first-order valence-corrected chi connectivity index (χ1v) is 5.56. The van der Waals surface area contributed by atoms with Gasteiger partial charge in [-0.15, -0.1) is 6.58 Å². The van der Waals surface area contributed by atoms with Crippen molar-refractivity contribution < 1.29 is 0 Å². The van der Waals surface area contributed by atoms with E-state index in [1.54, 1.807) is 6.07 Å². The fraction of sp³-hybridized carbons (Fsp3) is 0.385. The number of anilines is 2. The van der Waals surface area contributed by atoms with Crippen LogP contribution in [0.4, 0.5) is 11.4 Å². The summed E-state index contributed by atoms with van der Waals surface area (Å²) in [6, 6.07) is 5.64. The van der Waals surface area contributed by atoms with Crippen LogP contribution < -0.4 is 11.5 Å². The second kappa shape index (κ2) is 7.77. The van der Waals surface area contributed by atoms with Crippen LogP contribution in [-0.2, 0) is 6.54 Å². The Hall–Kier alpha value is -1.48. The number of nitrogens with zero attached hydrogens (tertiary/aromatic N) is 1. The van der Waals surface area contributed by atoms with Crippen LogP contribution >= 0.6 is 0 Å². The molecule has 0 aliphatic rings. The number of benzene rings is 1. The van der Waals surface area contributed by atoms with E-state index in [2.05, 4.69) is 11.5 Å². The Morgan fingerprint density at radius 3 is 2.12 bits per heavy atom. The van der Waals surface area contributed by atoms with Gasteiger partial charge in [-0.3, -0.25) is 4.90 Å². The normalized spacial score (nSPS) is 9.50. The molecule has 3 heteroatoms. The van der Waals surface area contributed by atoms with Crippen LogP contribution in [0.3, 0.4) is 0 Å². The molecule has 0 spiro atoms. The van der Waals surface area contributed by atoms with E-state index in [1.165, 1.54) is 0 Å². The summed E-state index contributed by atoms with van der Waals surface area (Å²) in [6.07, 6.45) is 1.87. The van der Waals surface area contributed by atoms with Gasteiger partial charge >= 0.3 is 0 Å². The average Bonchev–Trinajstić information content (AvgIpc) is 2.19. The lowest BCUT2D eigenvalue weighted by Gasteiger charge is -2.14. The predicted octanol–water partition coefficient (Wildman–Crippen LogP) is 2.50. The van der Waals surface area contributed by atoms with Gasteiger partial charge in [0.1, 0.15) is 0 Å². The topological polar surface area (TPSA) is 55.3 Å². The third-order valence-corrected chi connectivity index (χ3v) is 1.93. The fourth-order valence-electron chi connectivity index (χ4n) is 1.43. The van der Waals surface area contributed by atoms with E-state index in [0.717, 1.165) is 18.7 Å². The zero-order chi connectivity index (χ0) is 12.6. The van der Waals surface area contributed by atoms with E-state index in [-0.39, 0.29) is 0 Å². The number of nitrogen functional groups attached to an aromatic ring is 2. The van der Waals surface area contributed by atoms with Crippen LogP contribution in [-0.4, -0.2) is 18.5 Å². The molecule has 0 unspecified atom stereocenters. The molecule has 1 aromatic carbocycles. The van der Waals surface area contributed by atoms with E-state index < -0.39 is 0 Å². The molecule has 0 aliphatic carbocycles. The molecule has 0 amide bonds. The molecule has 0 aliphatic heterocycles. The summed E-state index contributed by atoms with van der Waals surface area (Å²) in [4.78, 5) is 2.14. The lowest BCUT2D eigenvalue weighted by Crippen LogP contribution is -2.17. The highest BCUT2D eigenvalue weighted by molar-refractivity contribution is 5.54. The predicted molar refractivity (Wildman–Crippen MR) is 73.1 cm³/mol. The second-order valence-electron chi connectivity index (χ2n) is 3.49. The first kappa shape index (κ1) is 14.5. The van der Waals surface area contributed by atoms with Crippen LogP contribution in [0, 0.1) is 0 Å². The van der Waals surface area contributed by atoms with Gasteiger partial charge in [-0.25, -0.2) is 0 Å². The highest BCUT2D eigenvalue weighted by Crippen LogP contribution is 2.14. The van der Waals surface area contributed by atoms with Crippen LogP contribution in [0.5, 0.6) is 0 Å². The maximum atomic E-state index is 5.69. The zero-order valence-electron chi connectivity index (χ0n) is 10.5. The minimum absolute atomic E-state index is 0.715. The lowest BCUT2D eigenvalue weighted by molar-refractivity contribution is 0.364. The zero-order valence-corrected chi connectivity index (χ0v) is 10.5. The molecular weight excluding hydrogens is 198 g/mol. The molecule has 0 saturated heterocycles. The summed E-state index contributed by atoms with van der Waals surface area (Å²) in [5.74, 6) is 0. The van der Waals surface area contributed by atoms with Crippen molar-refractivity contribution >= 4 is 11.4 Å². The molecule has 0 fully saturated rings. The molecule has 90 valence electrons. The highest BCUT2D eigenvalue weighted by Gasteiger charge is 2.00. The van der Waals surface area contributed by atoms with Crippen molar-refractivity contribution in [1.29, 1.82) is 0 Å². The van der Waals surface area contributed by atoms with Crippen LogP contribution in [0.2, 0.25) is 0 Å². The third kappa shape index (κ3) is 5.41. The Labute approximate surface area is 98.7 Å². The summed E-state index contributed by atoms with van der Waals surface area (Å²) in [5.41, 5.74) is 13.9. The molecule has 0 saturated carbocycles. The van der Waals surface area contributed by atoms with Gasteiger partial charge in [-0.05, 0) is 30.8 Å². The maximum absolute atomic E-state index is 5.69. The minimum Gasteiger partial charge on any atom is -0.399 e. The van der Waals surface area contributed by atoms with Crippen molar-refractivity contribution in [1.82, 2.24) is 4.90 Å². The van der Waals surface area contributed by atoms with E-state index in [0.29, 0.717) is 11.4 Å². The van der Waals surface area contributed by atoms with Gasteiger partial charge in [-0.2, -0.15) is 0 Å². The van der Waals surface area contributed by atoms with Gasteiger partial charge < -0.3 is 11.5 Å². The number of likely N-dealkylation sites (N-methyl/N-ethyl adjacent to an activating group) is 1. The number of nitrogens with two attached hydrogens (primary N) is 2. The van der Waals surface area contributed by atoms with Gasteiger partial charge in [0.2, 0.25) is 0 Å². The summed E-state index contributed by atoms with van der Waals surface area (Å²) in [7, 11) is 2.03. The summed E-state index contributed by atoms with van der Waals surface area (Å²) in [6.45, 7) is 9.38. The van der Waals surface area contributed by atoms with Gasteiger partial charge in [0.25, 0.3) is 0 Å². The summed E-state index contributed by atoms with van der Waals surface area (Å²) < 4.78 is 0. The fourth-order valence-corrected chi connectivity index (χ4v) is 1.43. The van der Waals surface area contributed by atoms with Gasteiger partial charge in [-0.1, -0.05) is 19.9 Å². The standard InChI is InChI=1S/C11H17N3.C2H6/c1-3-4-14(2)8-9-5-10(12)7-11(13)6-9;1-2/h3,5-7H,1,4,8,12-13H2,2H3;1-2H3. The molecule has 0 aromatic heterocycles. The smallest absolute Gasteiger partial charge is 0.0337 e. The molecule has 0 bridgehead atoms. The SMILES string of the molecule is C=CCN(C)Cc1cc(N)cc(N)c1.CC. The summed E-state index contributed by atoms with van der Waals surface area (Å²) in [5, 5.41) is 0. The lowest BCUT2D eigenvalue weighted by atomic mass is 10.1. The van der Waals surface area contributed by atoms with E-state index in [4.69, 9.17) is 11.5 Å². The Kier molecular flexibility index (Phi) is 7.05. The van der Waals surface area contributed by atoms with Crippen molar-refractivity contribution in [3.63, 3.8) is 0 Å². The third-order valence-electron chi connectivity index (χ3n) is 1.93. The van der Waals surface area contributed by atoms with Crippen molar-refractivity contribution in [3.05, 3.63) is 36.4 Å². The van der Waals surface area contributed by atoms with Gasteiger partial charge in [0.15, 0.2) is 0 Å². The second-order valence-corrected chi connectivity index (χ2v) is 3.49. The number of hydrogen-bond donors (Lipinski definition) is 2. The first-order valence-electron chi connectivity index (χ1n) is 5.56. The number of rotatable bonds is 4. The van der Waals surface area contributed by atoms with Gasteiger partial charge in [0, 0.05) is 24.5 Å². The average molecular weight is 221 g/mol.